The number of hydrogen-bond donors (Lipinski definition) is 0. The minimum absolute atomic E-state index is 0. The summed E-state index contributed by atoms with van der Waals surface area (Å²) in [6.07, 6.45) is 3.30. The molecule has 6 rings (SSSR count). The molecule has 0 unspecified atom stereocenters. The molecular weight excluding hydrogens is 659 g/mol. The first-order valence-electron chi connectivity index (χ1n) is 14.9. The quantitative estimate of drug-likeness (QED) is 0.171. The second kappa shape index (κ2) is 17.9. The third-order valence-corrected chi connectivity index (χ3v) is 7.46. The number of hydrogen-bond acceptors (Lipinski definition) is 0. The van der Waals surface area contributed by atoms with E-state index in [0.717, 1.165) is 19.3 Å². The van der Waals surface area contributed by atoms with E-state index in [0.29, 0.717) is 0 Å². The van der Waals surface area contributed by atoms with Gasteiger partial charge in [0.1, 0.15) is 0 Å². The Balaban J connectivity index is 0.000000257. The van der Waals surface area contributed by atoms with Crippen LogP contribution < -0.4 is 24.8 Å². The van der Waals surface area contributed by atoms with E-state index in [1.165, 1.54) is 66.1 Å². The van der Waals surface area contributed by atoms with Crippen LogP contribution in [0.5, 0.6) is 0 Å². The number of benzene rings is 4. The van der Waals surface area contributed by atoms with Gasteiger partial charge in [-0.1, -0.05) is 99.5 Å². The van der Waals surface area contributed by atoms with Crippen molar-refractivity contribution in [3.63, 3.8) is 0 Å². The van der Waals surface area contributed by atoms with Crippen LogP contribution in [0.15, 0.2) is 109 Å². The minimum Gasteiger partial charge on any atom is -1.00 e. The molecule has 0 aliphatic heterocycles. The van der Waals surface area contributed by atoms with Gasteiger partial charge in [-0.15, -0.1) is 69.1 Å². The molecule has 0 aliphatic rings. The van der Waals surface area contributed by atoms with Crippen molar-refractivity contribution in [3.05, 3.63) is 131 Å². The van der Waals surface area contributed by atoms with Gasteiger partial charge in [-0.3, -0.25) is 0 Å². The Morgan fingerprint density at radius 3 is 1.42 bits per heavy atom. The van der Waals surface area contributed by atoms with Crippen molar-refractivity contribution in [1.29, 1.82) is 0 Å². The minimum atomic E-state index is 0. The molecule has 0 bridgehead atoms. The first-order valence-corrected chi connectivity index (χ1v) is 21.1. The summed E-state index contributed by atoms with van der Waals surface area (Å²) in [7, 11) is 0. The Morgan fingerprint density at radius 2 is 1.00 bits per heavy atom. The molecule has 0 aromatic heterocycles. The number of rotatable bonds is 5. The van der Waals surface area contributed by atoms with Gasteiger partial charge in [0.2, 0.25) is 0 Å². The van der Waals surface area contributed by atoms with Crippen molar-refractivity contribution >= 4 is 27.0 Å². The van der Waals surface area contributed by atoms with Crippen LogP contribution >= 0.6 is 0 Å². The maximum Gasteiger partial charge on any atom is -1.00 e. The van der Waals surface area contributed by atoms with Crippen molar-refractivity contribution < 1.29 is 48.1 Å². The fourth-order valence-corrected chi connectivity index (χ4v) is 5.23. The summed E-state index contributed by atoms with van der Waals surface area (Å²) in [6.45, 7) is 13.4. The summed E-state index contributed by atoms with van der Waals surface area (Å²) in [5, 5.41) is 5.43. The van der Waals surface area contributed by atoms with Crippen molar-refractivity contribution in [1.82, 2.24) is 0 Å². The van der Waals surface area contributed by atoms with Crippen LogP contribution in [-0.2, 0) is 42.6 Å². The molecule has 0 N–H and O–H groups in total. The van der Waals surface area contributed by atoms with Gasteiger partial charge in [0.05, 0.1) is 0 Å². The third kappa shape index (κ3) is 9.89. The first-order chi connectivity index (χ1) is 19.8. The van der Waals surface area contributed by atoms with Crippen LogP contribution in [0, 0.1) is 6.92 Å². The van der Waals surface area contributed by atoms with Crippen molar-refractivity contribution in [2.24, 2.45) is 0 Å². The fraction of sp³-hybridized carbons (Fsp3) is 0.231. The zero-order valence-corrected chi connectivity index (χ0v) is 31.2. The molecule has 0 fully saturated rings. The van der Waals surface area contributed by atoms with Gasteiger partial charge in [-0.25, -0.2) is 0 Å². The van der Waals surface area contributed by atoms with Crippen molar-refractivity contribution in [2.75, 3.05) is 0 Å². The van der Waals surface area contributed by atoms with Crippen LogP contribution in [0.2, 0.25) is 13.1 Å². The maximum atomic E-state index is 2.33. The van der Waals surface area contributed by atoms with E-state index in [9.17, 15) is 0 Å². The molecule has 0 saturated heterocycles. The molecular formula is C39H42Cl2SiZr-2. The van der Waals surface area contributed by atoms with E-state index >= 15 is 0 Å². The topological polar surface area (TPSA) is 0 Å². The van der Waals surface area contributed by atoms with E-state index < -0.39 is 0 Å². The predicted molar refractivity (Wildman–Crippen MR) is 180 cm³/mol. The van der Waals surface area contributed by atoms with Crippen molar-refractivity contribution in [3.8, 4) is 22.3 Å². The summed E-state index contributed by atoms with van der Waals surface area (Å²) in [4.78, 5) is 0. The SMILES string of the molecule is CCc1ccc(-c2cccc3[cH-]c(C)cc23)cc1.CCc1ccc(-c2cccc3[cH-]c(CC)cc23)cc1.C[Si](C)=[Zr+2].[Cl-].[Cl-]. The number of fused-ring (bicyclic) bond motifs is 2. The van der Waals surface area contributed by atoms with Gasteiger partial charge in [-0.05, 0) is 41.5 Å². The standard InChI is InChI=1S/C19H19.C18H17.C2H6Si.2ClH.Zr/c1-3-14-8-10-16(11-9-14)18-7-5-6-17-12-15(4-2)13-19(17)18;1-3-14-7-9-15(10-8-14)17-6-4-5-16-11-13(2)12-18(16)17;1-3-2;;;/h5-13H,3-4H2,1-2H3;4-12H,3H2,1-2H3;1-2H3;2*1H;/q2*-1;;;;+2/p-2. The van der Waals surface area contributed by atoms with Crippen LogP contribution in [-0.4, -0.2) is 5.43 Å². The smallest absolute Gasteiger partial charge is 1.00 e. The van der Waals surface area contributed by atoms with Gasteiger partial charge in [0.15, 0.2) is 0 Å². The predicted octanol–water partition coefficient (Wildman–Crippen LogP) is 5.24. The molecule has 0 heterocycles. The Morgan fingerprint density at radius 1 is 0.581 bits per heavy atom. The molecule has 0 atom stereocenters. The maximum absolute atomic E-state index is 2.33. The summed E-state index contributed by atoms with van der Waals surface area (Å²) in [6, 6.07) is 40.2. The fourth-order valence-electron chi connectivity index (χ4n) is 5.23. The summed E-state index contributed by atoms with van der Waals surface area (Å²) in [5.74, 6) is 0. The van der Waals surface area contributed by atoms with Crippen LogP contribution in [0.4, 0.5) is 0 Å². The molecule has 0 aliphatic carbocycles. The molecule has 0 spiro atoms. The van der Waals surface area contributed by atoms with E-state index in [-0.39, 0.29) is 30.2 Å². The second-order valence-electron chi connectivity index (χ2n) is 11.0. The summed E-state index contributed by atoms with van der Waals surface area (Å²) in [5.41, 5.74) is 11.1. The Hall–Kier alpha value is -2.22. The molecule has 0 radical (unpaired) electrons. The van der Waals surface area contributed by atoms with Gasteiger partial charge in [0, 0.05) is 0 Å². The second-order valence-corrected chi connectivity index (χ2v) is 20.3. The molecule has 6 aromatic carbocycles. The van der Waals surface area contributed by atoms with Crippen LogP contribution in [0.3, 0.4) is 0 Å². The molecule has 4 heteroatoms. The van der Waals surface area contributed by atoms with E-state index in [1.54, 1.807) is 23.3 Å². The summed E-state index contributed by atoms with van der Waals surface area (Å²) < 4.78 is 0. The van der Waals surface area contributed by atoms with Crippen LogP contribution in [0.25, 0.3) is 43.8 Å². The Kier molecular flexibility index (Phi) is 15.4. The van der Waals surface area contributed by atoms with Crippen molar-refractivity contribution in [2.45, 2.75) is 60.1 Å². The van der Waals surface area contributed by atoms with E-state index in [2.05, 4.69) is 150 Å². The largest absolute Gasteiger partial charge is 1.00 e. The monoisotopic (exact) mass is 698 g/mol. The van der Waals surface area contributed by atoms with E-state index in [4.69, 9.17) is 0 Å². The van der Waals surface area contributed by atoms with Gasteiger partial charge < -0.3 is 24.8 Å². The first kappa shape index (κ1) is 37.0. The van der Waals surface area contributed by atoms with E-state index in [1.807, 2.05) is 0 Å². The van der Waals surface area contributed by atoms with Gasteiger partial charge in [0.25, 0.3) is 0 Å². The number of halogens is 2. The average Bonchev–Trinajstić information content (AvgIpc) is 3.59. The average molecular weight is 701 g/mol. The summed E-state index contributed by atoms with van der Waals surface area (Å²) >= 11 is 1.74. The third-order valence-electron chi connectivity index (χ3n) is 7.46. The molecule has 0 saturated carbocycles. The van der Waals surface area contributed by atoms with Gasteiger partial charge in [-0.2, -0.15) is 12.1 Å². The number of aryl methyl sites for hydroxylation is 4. The van der Waals surface area contributed by atoms with Crippen LogP contribution in [0.1, 0.15) is 43.0 Å². The molecule has 6 aromatic rings. The zero-order valence-electron chi connectivity index (χ0n) is 26.3. The Bertz CT molecular complexity index is 1720. The molecule has 43 heavy (non-hydrogen) atoms. The molecule has 222 valence electrons. The van der Waals surface area contributed by atoms with Gasteiger partial charge >= 0.3 is 41.9 Å². The zero-order chi connectivity index (χ0) is 29.4. The normalized spacial score (nSPS) is 10.1. The molecule has 0 amide bonds. The Labute approximate surface area is 286 Å². The molecule has 0 nitrogen and oxygen atoms in total.